The molecule has 1 aliphatic heterocycles. The van der Waals surface area contributed by atoms with Crippen molar-refractivity contribution < 1.29 is 14.3 Å². The first kappa shape index (κ1) is 18.9. The molecule has 0 aromatic rings. The first-order valence-corrected chi connectivity index (χ1v) is 7.70. The van der Waals surface area contributed by atoms with E-state index in [9.17, 15) is 4.79 Å². The molecule has 118 valence electrons. The predicted molar refractivity (Wildman–Crippen MR) is 81.8 cm³/mol. The molecule has 2 rings (SSSR count). The molecule has 2 aliphatic rings. The van der Waals surface area contributed by atoms with E-state index in [1.54, 1.807) is 0 Å². The first-order chi connectivity index (χ1) is 9.32. The van der Waals surface area contributed by atoms with Gasteiger partial charge in [-0.15, -0.1) is 0 Å². The first-order valence-electron chi connectivity index (χ1n) is 7.70. The number of aldehydes is 1. The molecule has 0 radical (unpaired) electrons. The van der Waals surface area contributed by atoms with Gasteiger partial charge in [-0.1, -0.05) is 13.8 Å². The van der Waals surface area contributed by atoms with Gasteiger partial charge in [0.15, 0.2) is 0 Å². The fourth-order valence-corrected chi connectivity index (χ4v) is 2.17. The van der Waals surface area contributed by atoms with Gasteiger partial charge in [0.2, 0.25) is 0 Å². The second-order valence-electron chi connectivity index (χ2n) is 6.20. The molecule has 1 saturated heterocycles. The van der Waals surface area contributed by atoms with Gasteiger partial charge in [0, 0.05) is 13.1 Å². The Morgan fingerprint density at radius 3 is 1.80 bits per heavy atom. The molecule has 2 fully saturated rings. The van der Waals surface area contributed by atoms with E-state index in [1.165, 1.54) is 32.6 Å². The van der Waals surface area contributed by atoms with Gasteiger partial charge in [-0.2, -0.15) is 0 Å². The zero-order chi connectivity index (χ0) is 15.8. The molecule has 0 N–H and O–H groups in total. The molecule has 0 bridgehead atoms. The lowest BCUT2D eigenvalue weighted by molar-refractivity contribution is -0.106. The van der Waals surface area contributed by atoms with Crippen LogP contribution in [0.15, 0.2) is 0 Å². The van der Waals surface area contributed by atoms with Gasteiger partial charge in [-0.3, -0.25) is 0 Å². The SMILES string of the molecule is CC.CC(C)(C)OC(=O)N1CCC2(CC1)CC2.CC=O. The molecular weight excluding hydrogens is 254 g/mol. The average Bonchev–Trinajstić information content (AvgIpc) is 3.11. The van der Waals surface area contributed by atoms with Crippen LogP contribution in [0, 0.1) is 5.41 Å². The van der Waals surface area contributed by atoms with Gasteiger partial charge in [-0.05, 0) is 58.8 Å². The maximum Gasteiger partial charge on any atom is 0.410 e. The van der Waals surface area contributed by atoms with Crippen LogP contribution in [0.3, 0.4) is 0 Å². The van der Waals surface area contributed by atoms with Crippen LogP contribution in [-0.2, 0) is 9.53 Å². The zero-order valence-electron chi connectivity index (χ0n) is 14.0. The second-order valence-corrected chi connectivity index (χ2v) is 6.20. The number of rotatable bonds is 0. The summed E-state index contributed by atoms with van der Waals surface area (Å²) in [5.74, 6) is 0. The fourth-order valence-electron chi connectivity index (χ4n) is 2.17. The number of amides is 1. The van der Waals surface area contributed by atoms with E-state index in [2.05, 4.69) is 0 Å². The van der Waals surface area contributed by atoms with E-state index >= 15 is 0 Å². The third kappa shape index (κ3) is 6.92. The van der Waals surface area contributed by atoms with Crippen LogP contribution in [-0.4, -0.2) is 36.0 Å². The molecule has 4 nitrogen and oxygen atoms in total. The molecule has 1 saturated carbocycles. The standard InChI is InChI=1S/C12H21NO2.C2H4O.C2H6/c1-11(2,3)15-10(14)13-8-6-12(4-5-12)7-9-13;1-2-3;1-2/h4-9H2,1-3H3;2H,1H3;1-2H3. The molecule has 0 unspecified atom stereocenters. The van der Waals surface area contributed by atoms with E-state index in [-0.39, 0.29) is 11.7 Å². The van der Waals surface area contributed by atoms with E-state index in [0.29, 0.717) is 5.41 Å². The van der Waals surface area contributed by atoms with Crippen molar-refractivity contribution in [1.82, 2.24) is 4.90 Å². The summed E-state index contributed by atoms with van der Waals surface area (Å²) in [6.45, 7) is 13.0. The fraction of sp³-hybridized carbons (Fsp3) is 0.875. The Bertz CT molecular complexity index is 293. The summed E-state index contributed by atoms with van der Waals surface area (Å²) >= 11 is 0. The molecule has 0 aromatic heterocycles. The van der Waals surface area contributed by atoms with Crippen LogP contribution in [0.4, 0.5) is 4.79 Å². The third-order valence-electron chi connectivity index (χ3n) is 3.43. The highest BCUT2D eigenvalue weighted by Crippen LogP contribution is 2.53. The van der Waals surface area contributed by atoms with Crippen LogP contribution < -0.4 is 0 Å². The lowest BCUT2D eigenvalue weighted by Gasteiger charge is -2.33. The molecule has 0 atom stereocenters. The van der Waals surface area contributed by atoms with Crippen molar-refractivity contribution in [2.24, 2.45) is 5.41 Å². The Hall–Kier alpha value is -1.06. The number of piperidine rings is 1. The summed E-state index contributed by atoms with van der Waals surface area (Å²) in [7, 11) is 0. The van der Waals surface area contributed by atoms with Gasteiger partial charge >= 0.3 is 6.09 Å². The number of hydrogen-bond donors (Lipinski definition) is 0. The Labute approximate surface area is 123 Å². The number of hydrogen-bond acceptors (Lipinski definition) is 3. The van der Waals surface area contributed by atoms with E-state index in [0.717, 1.165) is 19.4 Å². The molecule has 1 spiro atoms. The van der Waals surface area contributed by atoms with Gasteiger partial charge in [0.1, 0.15) is 11.9 Å². The van der Waals surface area contributed by atoms with Crippen LogP contribution in [0.5, 0.6) is 0 Å². The van der Waals surface area contributed by atoms with Gasteiger partial charge < -0.3 is 14.4 Å². The van der Waals surface area contributed by atoms with Crippen molar-refractivity contribution in [2.45, 2.75) is 72.8 Å². The minimum absolute atomic E-state index is 0.141. The monoisotopic (exact) mass is 285 g/mol. The molecule has 4 heteroatoms. The highest BCUT2D eigenvalue weighted by atomic mass is 16.6. The quantitative estimate of drug-likeness (QED) is 0.631. The third-order valence-corrected chi connectivity index (χ3v) is 3.43. The minimum atomic E-state index is -0.369. The van der Waals surface area contributed by atoms with Crippen LogP contribution in [0.1, 0.15) is 67.2 Å². The smallest absolute Gasteiger partial charge is 0.410 e. The number of nitrogens with zero attached hydrogens (tertiary/aromatic N) is 1. The van der Waals surface area contributed by atoms with E-state index in [4.69, 9.17) is 9.53 Å². The molecule has 1 heterocycles. The molecular formula is C16H31NO3. The molecule has 1 amide bonds. The van der Waals surface area contributed by atoms with E-state index in [1.807, 2.05) is 39.5 Å². The van der Waals surface area contributed by atoms with Gasteiger partial charge in [-0.25, -0.2) is 4.79 Å². The maximum atomic E-state index is 11.7. The van der Waals surface area contributed by atoms with Crippen LogP contribution in [0.25, 0.3) is 0 Å². The summed E-state index contributed by atoms with van der Waals surface area (Å²) < 4.78 is 5.35. The Morgan fingerprint density at radius 1 is 1.10 bits per heavy atom. The van der Waals surface area contributed by atoms with Gasteiger partial charge in [0.05, 0.1) is 0 Å². The second kappa shape index (κ2) is 8.28. The average molecular weight is 285 g/mol. The maximum absolute atomic E-state index is 11.7. The Balaban J connectivity index is 0.000000641. The summed E-state index contributed by atoms with van der Waals surface area (Å²) in [6.07, 6.45) is 5.70. The highest BCUT2D eigenvalue weighted by molar-refractivity contribution is 5.68. The summed E-state index contributed by atoms with van der Waals surface area (Å²) in [5, 5.41) is 0. The molecule has 20 heavy (non-hydrogen) atoms. The van der Waals surface area contributed by atoms with Crippen molar-refractivity contribution in [3.63, 3.8) is 0 Å². The van der Waals surface area contributed by atoms with Crippen molar-refractivity contribution in [3.05, 3.63) is 0 Å². The summed E-state index contributed by atoms with van der Waals surface area (Å²) in [6, 6.07) is 0. The number of carbonyl (C=O) groups is 2. The largest absolute Gasteiger partial charge is 0.444 e. The number of carbonyl (C=O) groups excluding carboxylic acids is 2. The normalized spacial score (nSPS) is 19.0. The lowest BCUT2D eigenvalue weighted by Crippen LogP contribution is -2.42. The van der Waals surface area contributed by atoms with E-state index < -0.39 is 0 Å². The van der Waals surface area contributed by atoms with Crippen molar-refractivity contribution in [3.8, 4) is 0 Å². The lowest BCUT2D eigenvalue weighted by atomic mass is 9.94. The Kier molecular flexibility index (Phi) is 7.84. The van der Waals surface area contributed by atoms with Crippen molar-refractivity contribution in [2.75, 3.05) is 13.1 Å². The van der Waals surface area contributed by atoms with Crippen molar-refractivity contribution in [1.29, 1.82) is 0 Å². The number of likely N-dealkylation sites (tertiary alicyclic amines) is 1. The number of ether oxygens (including phenoxy) is 1. The zero-order valence-corrected chi connectivity index (χ0v) is 14.0. The van der Waals surface area contributed by atoms with Crippen LogP contribution in [0.2, 0.25) is 0 Å². The molecule has 0 aromatic carbocycles. The summed E-state index contributed by atoms with van der Waals surface area (Å²) in [4.78, 5) is 22.4. The van der Waals surface area contributed by atoms with Crippen LogP contribution >= 0.6 is 0 Å². The Morgan fingerprint density at radius 2 is 1.50 bits per heavy atom. The van der Waals surface area contributed by atoms with Gasteiger partial charge in [0.25, 0.3) is 0 Å². The highest BCUT2D eigenvalue weighted by Gasteiger charge is 2.45. The summed E-state index contributed by atoms with van der Waals surface area (Å²) in [5.41, 5.74) is 0.254. The minimum Gasteiger partial charge on any atom is -0.444 e. The topological polar surface area (TPSA) is 46.6 Å². The molecule has 1 aliphatic carbocycles. The predicted octanol–water partition coefficient (Wildman–Crippen LogP) is 4.03. The van der Waals surface area contributed by atoms with Crippen molar-refractivity contribution >= 4 is 12.4 Å².